The van der Waals surface area contributed by atoms with Gasteiger partial charge in [0.1, 0.15) is 5.56 Å². The molecule has 3 rings (SSSR count). The Morgan fingerprint density at radius 1 is 1.52 bits per heavy atom. The Morgan fingerprint density at radius 2 is 2.38 bits per heavy atom. The molecule has 0 radical (unpaired) electrons. The monoisotopic (exact) mass is 307 g/mol. The van der Waals surface area contributed by atoms with Gasteiger partial charge < -0.3 is 10.3 Å². The van der Waals surface area contributed by atoms with Crippen molar-refractivity contribution in [2.24, 2.45) is 5.73 Å². The summed E-state index contributed by atoms with van der Waals surface area (Å²) in [6.07, 6.45) is 2.73. The van der Waals surface area contributed by atoms with Crippen molar-refractivity contribution < 1.29 is 9.32 Å². The number of primary amides is 1. The molecule has 0 aromatic carbocycles. The summed E-state index contributed by atoms with van der Waals surface area (Å²) in [4.78, 5) is 31.4. The highest BCUT2D eigenvalue weighted by atomic mass is 32.2. The summed E-state index contributed by atoms with van der Waals surface area (Å²) in [5, 5.41) is 4.52. The first kappa shape index (κ1) is 13.8. The second-order valence-corrected chi connectivity index (χ2v) is 5.65. The van der Waals surface area contributed by atoms with E-state index in [1.165, 1.54) is 6.20 Å². The fourth-order valence-electron chi connectivity index (χ4n) is 2.05. The highest BCUT2D eigenvalue weighted by Gasteiger charge is 2.19. The van der Waals surface area contributed by atoms with Crippen LogP contribution < -0.4 is 11.3 Å². The van der Waals surface area contributed by atoms with Gasteiger partial charge >= 0.3 is 0 Å². The predicted molar refractivity (Wildman–Crippen MR) is 74.6 cm³/mol. The maximum atomic E-state index is 12.3. The minimum absolute atomic E-state index is 0.158. The number of hydrogen-bond donors (Lipinski definition) is 1. The van der Waals surface area contributed by atoms with E-state index < -0.39 is 0 Å². The standard InChI is InChI=1S/C12H13N5O3S/c13-8(18)2-1-3-9-15-10(16-20-9)7-6-14-12-17(11(7)19)4-5-21-12/h6H,1-5H2,(H2,13,18). The van der Waals surface area contributed by atoms with Crippen LogP contribution in [-0.2, 0) is 17.8 Å². The summed E-state index contributed by atoms with van der Waals surface area (Å²) in [6.45, 7) is 0.642. The molecule has 2 aromatic heterocycles. The molecule has 0 unspecified atom stereocenters. The van der Waals surface area contributed by atoms with Crippen molar-refractivity contribution in [1.82, 2.24) is 19.7 Å². The van der Waals surface area contributed by atoms with Crippen LogP contribution in [0.5, 0.6) is 0 Å². The molecule has 0 fully saturated rings. The van der Waals surface area contributed by atoms with Crippen molar-refractivity contribution in [3.8, 4) is 11.4 Å². The third-order valence-corrected chi connectivity index (χ3v) is 4.05. The number of aromatic nitrogens is 4. The number of hydrogen-bond acceptors (Lipinski definition) is 7. The zero-order valence-corrected chi connectivity index (χ0v) is 11.9. The van der Waals surface area contributed by atoms with Crippen molar-refractivity contribution in [3.05, 3.63) is 22.4 Å². The van der Waals surface area contributed by atoms with Gasteiger partial charge in [0.05, 0.1) is 0 Å². The molecule has 2 aromatic rings. The zero-order chi connectivity index (χ0) is 14.8. The normalized spacial score (nSPS) is 13.3. The van der Waals surface area contributed by atoms with Gasteiger partial charge in [0, 0.05) is 31.3 Å². The summed E-state index contributed by atoms with van der Waals surface area (Å²) < 4.78 is 6.70. The summed E-state index contributed by atoms with van der Waals surface area (Å²) in [6, 6.07) is 0. The van der Waals surface area contributed by atoms with Crippen LogP contribution in [0.25, 0.3) is 11.4 Å². The van der Waals surface area contributed by atoms with E-state index >= 15 is 0 Å². The number of carbonyl (C=O) groups excluding carboxylic acids is 1. The lowest BCUT2D eigenvalue weighted by Crippen LogP contribution is -2.22. The van der Waals surface area contributed by atoms with Gasteiger partial charge in [-0.05, 0) is 6.42 Å². The van der Waals surface area contributed by atoms with Gasteiger partial charge in [-0.1, -0.05) is 16.9 Å². The minimum atomic E-state index is -0.367. The molecule has 1 aliphatic rings. The molecule has 0 aliphatic carbocycles. The van der Waals surface area contributed by atoms with Crippen LogP contribution in [0, 0.1) is 0 Å². The maximum Gasteiger partial charge on any atom is 0.265 e. The summed E-state index contributed by atoms with van der Waals surface area (Å²) in [5.41, 5.74) is 5.23. The van der Waals surface area contributed by atoms with E-state index in [2.05, 4.69) is 15.1 Å². The van der Waals surface area contributed by atoms with Crippen LogP contribution in [-0.4, -0.2) is 31.4 Å². The molecule has 1 amide bonds. The summed E-state index contributed by atoms with van der Waals surface area (Å²) in [5.74, 6) is 1.09. The number of nitrogens with two attached hydrogens (primary N) is 1. The highest BCUT2D eigenvalue weighted by Crippen LogP contribution is 2.22. The van der Waals surface area contributed by atoms with E-state index in [0.29, 0.717) is 36.0 Å². The molecular weight excluding hydrogens is 294 g/mol. The number of aryl methyl sites for hydroxylation is 1. The summed E-state index contributed by atoms with van der Waals surface area (Å²) >= 11 is 1.55. The second-order valence-electron chi connectivity index (χ2n) is 4.59. The Labute approximate surface area is 123 Å². The Morgan fingerprint density at radius 3 is 3.19 bits per heavy atom. The first-order valence-electron chi connectivity index (χ1n) is 6.49. The third kappa shape index (κ3) is 2.82. The molecule has 21 heavy (non-hydrogen) atoms. The highest BCUT2D eigenvalue weighted by molar-refractivity contribution is 7.99. The Kier molecular flexibility index (Phi) is 3.74. The Hall–Kier alpha value is -2.16. The lowest BCUT2D eigenvalue weighted by Gasteiger charge is -2.01. The Bertz CT molecular complexity index is 739. The van der Waals surface area contributed by atoms with Crippen LogP contribution in [0.15, 0.2) is 20.7 Å². The van der Waals surface area contributed by atoms with Gasteiger partial charge in [0.2, 0.25) is 17.6 Å². The number of amides is 1. The van der Waals surface area contributed by atoms with Crippen LogP contribution in [0.4, 0.5) is 0 Å². The van der Waals surface area contributed by atoms with Crippen LogP contribution in [0.1, 0.15) is 18.7 Å². The fraction of sp³-hybridized carbons (Fsp3) is 0.417. The lowest BCUT2D eigenvalue weighted by atomic mass is 10.2. The average molecular weight is 307 g/mol. The van der Waals surface area contributed by atoms with Crippen LogP contribution in [0.2, 0.25) is 0 Å². The summed E-state index contributed by atoms with van der Waals surface area (Å²) in [7, 11) is 0. The van der Waals surface area contributed by atoms with Crippen molar-refractivity contribution in [1.29, 1.82) is 0 Å². The average Bonchev–Trinajstić information content (AvgIpc) is 3.08. The number of thioether (sulfide) groups is 1. The van der Waals surface area contributed by atoms with E-state index in [9.17, 15) is 9.59 Å². The van der Waals surface area contributed by atoms with Crippen molar-refractivity contribution in [3.63, 3.8) is 0 Å². The maximum absolute atomic E-state index is 12.3. The van der Waals surface area contributed by atoms with Gasteiger partial charge in [0.15, 0.2) is 5.16 Å². The van der Waals surface area contributed by atoms with Gasteiger partial charge in [-0.25, -0.2) is 4.98 Å². The molecule has 2 N–H and O–H groups in total. The quantitative estimate of drug-likeness (QED) is 0.784. The predicted octanol–water partition coefficient (Wildman–Crippen LogP) is 0.207. The smallest absolute Gasteiger partial charge is 0.265 e. The number of nitrogens with zero attached hydrogens (tertiary/aromatic N) is 4. The molecule has 0 saturated heterocycles. The largest absolute Gasteiger partial charge is 0.370 e. The van der Waals surface area contributed by atoms with E-state index in [1.807, 2.05) is 0 Å². The SMILES string of the molecule is NC(=O)CCCc1nc(-c2cnc3n(c2=O)CCS3)no1. The van der Waals surface area contributed by atoms with E-state index in [-0.39, 0.29) is 23.7 Å². The van der Waals surface area contributed by atoms with Crippen molar-refractivity contribution >= 4 is 17.7 Å². The Balaban J connectivity index is 1.80. The second kappa shape index (κ2) is 5.68. The van der Waals surface area contributed by atoms with Crippen LogP contribution >= 0.6 is 11.8 Å². The lowest BCUT2D eigenvalue weighted by molar-refractivity contribution is -0.118. The molecule has 110 valence electrons. The van der Waals surface area contributed by atoms with E-state index in [0.717, 1.165) is 5.75 Å². The number of rotatable bonds is 5. The van der Waals surface area contributed by atoms with Crippen molar-refractivity contribution in [2.45, 2.75) is 31.0 Å². The van der Waals surface area contributed by atoms with Gasteiger partial charge in [-0.3, -0.25) is 14.2 Å². The molecule has 3 heterocycles. The molecule has 0 bridgehead atoms. The number of carbonyl (C=O) groups is 1. The van der Waals surface area contributed by atoms with Crippen LogP contribution in [0.3, 0.4) is 0 Å². The molecule has 0 saturated carbocycles. The fourth-order valence-corrected chi connectivity index (χ4v) is 2.96. The number of fused-ring (bicyclic) bond motifs is 1. The molecule has 0 spiro atoms. The molecule has 0 atom stereocenters. The van der Waals surface area contributed by atoms with Gasteiger partial charge in [-0.15, -0.1) is 0 Å². The zero-order valence-electron chi connectivity index (χ0n) is 11.1. The van der Waals surface area contributed by atoms with E-state index in [1.54, 1.807) is 16.3 Å². The molecule has 1 aliphatic heterocycles. The molecule has 9 heteroatoms. The van der Waals surface area contributed by atoms with Gasteiger partial charge in [0.25, 0.3) is 5.56 Å². The topological polar surface area (TPSA) is 117 Å². The first-order chi connectivity index (χ1) is 10.1. The minimum Gasteiger partial charge on any atom is -0.370 e. The van der Waals surface area contributed by atoms with Crippen molar-refractivity contribution in [2.75, 3.05) is 5.75 Å². The van der Waals surface area contributed by atoms with E-state index in [4.69, 9.17) is 10.3 Å². The first-order valence-corrected chi connectivity index (χ1v) is 7.47. The molecular formula is C12H13N5O3S. The third-order valence-electron chi connectivity index (χ3n) is 3.08. The molecule has 8 nitrogen and oxygen atoms in total. The van der Waals surface area contributed by atoms with Gasteiger partial charge in [-0.2, -0.15) is 4.98 Å².